The quantitative estimate of drug-likeness (QED) is 0.353. The number of hydrogen-bond acceptors (Lipinski definition) is 3. The molecule has 1 atom stereocenters. The second kappa shape index (κ2) is 10.2. The summed E-state index contributed by atoms with van der Waals surface area (Å²) in [5.74, 6) is -0.980. The molecule has 0 saturated carbocycles. The Hall–Kier alpha value is -2.37. The molecular formula is C30H33Cl2NO3. The summed E-state index contributed by atoms with van der Waals surface area (Å²) in [4.78, 5) is 14.9. The van der Waals surface area contributed by atoms with E-state index in [9.17, 15) is 9.90 Å². The smallest absolute Gasteiger partial charge is 0.337 e. The lowest BCUT2D eigenvalue weighted by Gasteiger charge is -2.30. The van der Waals surface area contributed by atoms with Gasteiger partial charge < -0.3 is 9.84 Å². The van der Waals surface area contributed by atoms with E-state index in [1.54, 1.807) is 0 Å². The number of carbonyl (C=O) groups is 1. The Balaban J connectivity index is 1.84. The van der Waals surface area contributed by atoms with Crippen LogP contribution in [-0.2, 0) is 29.2 Å². The Labute approximate surface area is 223 Å². The van der Waals surface area contributed by atoms with Crippen molar-refractivity contribution < 1.29 is 14.6 Å². The number of carboxylic acid groups (broad SMARTS) is 1. The largest absolute Gasteiger partial charge is 0.479 e. The van der Waals surface area contributed by atoms with E-state index in [0.29, 0.717) is 10.0 Å². The predicted octanol–water partition coefficient (Wildman–Crippen LogP) is 8.04. The normalized spacial score (nSPS) is 14.7. The molecule has 1 heterocycles. The Morgan fingerprint density at radius 3 is 2.14 bits per heavy atom. The number of hydrogen-bond donors (Lipinski definition) is 1. The molecule has 0 amide bonds. The zero-order valence-corrected chi connectivity index (χ0v) is 23.2. The second-order valence-corrected chi connectivity index (χ2v) is 11.5. The minimum Gasteiger partial charge on any atom is -0.479 e. The number of aryl methyl sites for hydroxylation is 1. The monoisotopic (exact) mass is 525 g/mol. The summed E-state index contributed by atoms with van der Waals surface area (Å²) in [5, 5.41) is 11.4. The molecule has 0 aromatic heterocycles. The van der Waals surface area contributed by atoms with E-state index in [1.807, 2.05) is 45.9 Å². The van der Waals surface area contributed by atoms with Crippen molar-refractivity contribution in [2.45, 2.75) is 72.9 Å². The van der Waals surface area contributed by atoms with Gasteiger partial charge in [-0.2, -0.15) is 0 Å². The molecule has 0 fully saturated rings. The number of ether oxygens (including phenoxy) is 1. The van der Waals surface area contributed by atoms with Gasteiger partial charge in [0.05, 0.1) is 15.6 Å². The molecule has 6 heteroatoms. The van der Waals surface area contributed by atoms with Crippen LogP contribution >= 0.6 is 23.2 Å². The van der Waals surface area contributed by atoms with Gasteiger partial charge in [-0.15, -0.1) is 0 Å². The van der Waals surface area contributed by atoms with E-state index < -0.39 is 17.7 Å². The van der Waals surface area contributed by atoms with Gasteiger partial charge in [0.25, 0.3) is 0 Å². The number of benzene rings is 3. The molecule has 4 rings (SSSR count). The topological polar surface area (TPSA) is 49.8 Å². The molecule has 0 saturated heterocycles. The van der Waals surface area contributed by atoms with Gasteiger partial charge in [-0.3, -0.25) is 4.90 Å². The lowest BCUT2D eigenvalue weighted by molar-refractivity contribution is -0.160. The maximum atomic E-state index is 12.6. The van der Waals surface area contributed by atoms with E-state index in [1.165, 1.54) is 11.1 Å². The molecule has 0 unspecified atom stereocenters. The molecule has 3 aromatic carbocycles. The Kier molecular flexibility index (Phi) is 7.55. The molecule has 1 aliphatic rings. The van der Waals surface area contributed by atoms with Gasteiger partial charge in [0.2, 0.25) is 0 Å². The molecule has 0 aliphatic carbocycles. The standard InChI is InChI=1S/C30H33Cl2NO3/c1-17-7-10-21(11-8-17)26-18(2)22-15-33(14-20-9-12-24(31)25(32)13-20)16-23(22)19(3)27(26)28(29(34)35)36-30(4,5)6/h7-13,28H,14-16H2,1-6H3,(H,34,35)/t28-/m0/s1. The Morgan fingerprint density at radius 2 is 1.58 bits per heavy atom. The fourth-order valence-corrected chi connectivity index (χ4v) is 5.42. The minimum absolute atomic E-state index is 0.544. The molecule has 4 nitrogen and oxygen atoms in total. The number of carboxylic acids is 1. The molecule has 190 valence electrons. The Bertz CT molecular complexity index is 1310. The minimum atomic E-state index is -1.07. The molecule has 0 bridgehead atoms. The van der Waals surface area contributed by atoms with Crippen LogP contribution in [0.15, 0.2) is 42.5 Å². The molecule has 1 N–H and O–H groups in total. The van der Waals surface area contributed by atoms with Crippen molar-refractivity contribution in [1.82, 2.24) is 4.90 Å². The maximum absolute atomic E-state index is 12.6. The van der Waals surface area contributed by atoms with Crippen molar-refractivity contribution in [3.63, 3.8) is 0 Å². The molecule has 0 radical (unpaired) electrons. The zero-order chi connectivity index (χ0) is 26.4. The third-order valence-electron chi connectivity index (χ3n) is 6.77. The van der Waals surface area contributed by atoms with Crippen LogP contribution in [0.2, 0.25) is 10.0 Å². The van der Waals surface area contributed by atoms with Crippen LogP contribution in [0.1, 0.15) is 65.8 Å². The third-order valence-corrected chi connectivity index (χ3v) is 7.51. The summed E-state index contributed by atoms with van der Waals surface area (Å²) in [6, 6.07) is 14.0. The first-order chi connectivity index (χ1) is 16.9. The molecule has 0 spiro atoms. The van der Waals surface area contributed by atoms with Gasteiger partial charge in [-0.05, 0) is 92.6 Å². The van der Waals surface area contributed by atoms with E-state index in [-0.39, 0.29) is 0 Å². The average molecular weight is 527 g/mol. The molecule has 36 heavy (non-hydrogen) atoms. The van der Waals surface area contributed by atoms with Crippen LogP contribution in [0.4, 0.5) is 0 Å². The Morgan fingerprint density at radius 1 is 0.972 bits per heavy atom. The lowest BCUT2D eigenvalue weighted by Crippen LogP contribution is -2.28. The van der Waals surface area contributed by atoms with Crippen LogP contribution in [0.25, 0.3) is 11.1 Å². The predicted molar refractivity (Wildman–Crippen MR) is 147 cm³/mol. The number of nitrogens with zero attached hydrogens (tertiary/aromatic N) is 1. The van der Waals surface area contributed by atoms with Crippen molar-refractivity contribution >= 4 is 29.2 Å². The van der Waals surface area contributed by atoms with Crippen molar-refractivity contribution in [1.29, 1.82) is 0 Å². The van der Waals surface area contributed by atoms with E-state index in [2.05, 4.69) is 43.0 Å². The average Bonchev–Trinajstić information content (AvgIpc) is 3.22. The summed E-state index contributed by atoms with van der Waals surface area (Å²) in [7, 11) is 0. The van der Waals surface area contributed by atoms with E-state index >= 15 is 0 Å². The lowest BCUT2D eigenvalue weighted by atomic mass is 9.83. The van der Waals surface area contributed by atoms with E-state index in [0.717, 1.165) is 58.6 Å². The second-order valence-electron chi connectivity index (χ2n) is 10.7. The first-order valence-corrected chi connectivity index (χ1v) is 12.9. The fourth-order valence-electron chi connectivity index (χ4n) is 5.10. The number of halogens is 2. The van der Waals surface area contributed by atoms with Gasteiger partial charge in [0.1, 0.15) is 0 Å². The van der Waals surface area contributed by atoms with Gasteiger partial charge in [0, 0.05) is 25.2 Å². The first-order valence-electron chi connectivity index (χ1n) is 12.1. The third kappa shape index (κ3) is 5.47. The highest BCUT2D eigenvalue weighted by molar-refractivity contribution is 6.42. The van der Waals surface area contributed by atoms with Crippen molar-refractivity contribution in [2.75, 3.05) is 0 Å². The number of aliphatic carboxylic acids is 1. The highest BCUT2D eigenvalue weighted by Crippen LogP contribution is 2.44. The molecule has 3 aromatic rings. The van der Waals surface area contributed by atoms with Crippen LogP contribution in [0, 0.1) is 20.8 Å². The summed E-state index contributed by atoms with van der Waals surface area (Å²) in [5.41, 5.74) is 8.87. The summed E-state index contributed by atoms with van der Waals surface area (Å²) in [6.07, 6.45) is -1.07. The van der Waals surface area contributed by atoms with Crippen molar-refractivity contribution in [3.05, 3.63) is 91.5 Å². The molecular weight excluding hydrogens is 493 g/mol. The summed E-state index contributed by atoms with van der Waals surface area (Å²) < 4.78 is 6.17. The fraction of sp³-hybridized carbons (Fsp3) is 0.367. The number of fused-ring (bicyclic) bond motifs is 1. The van der Waals surface area contributed by atoms with Crippen LogP contribution < -0.4 is 0 Å². The highest BCUT2D eigenvalue weighted by Gasteiger charge is 2.35. The summed E-state index contributed by atoms with van der Waals surface area (Å²) in [6.45, 7) is 14.1. The van der Waals surface area contributed by atoms with Crippen LogP contribution in [0.3, 0.4) is 0 Å². The van der Waals surface area contributed by atoms with Gasteiger partial charge in [-0.1, -0.05) is 59.1 Å². The van der Waals surface area contributed by atoms with Crippen LogP contribution in [-0.4, -0.2) is 21.6 Å². The first kappa shape index (κ1) is 26.7. The summed E-state index contributed by atoms with van der Waals surface area (Å²) >= 11 is 12.4. The maximum Gasteiger partial charge on any atom is 0.337 e. The molecule has 1 aliphatic heterocycles. The van der Waals surface area contributed by atoms with Gasteiger partial charge in [0.15, 0.2) is 6.10 Å². The SMILES string of the molecule is Cc1ccc(-c2c(C)c3c(c(C)c2[C@H](OC(C)(C)C)C(=O)O)CN(Cc2ccc(Cl)c(Cl)c2)C3)cc1. The zero-order valence-electron chi connectivity index (χ0n) is 21.7. The highest BCUT2D eigenvalue weighted by atomic mass is 35.5. The van der Waals surface area contributed by atoms with Gasteiger partial charge >= 0.3 is 5.97 Å². The van der Waals surface area contributed by atoms with Crippen molar-refractivity contribution in [3.8, 4) is 11.1 Å². The van der Waals surface area contributed by atoms with Crippen LogP contribution in [0.5, 0.6) is 0 Å². The number of rotatable bonds is 6. The van der Waals surface area contributed by atoms with E-state index in [4.69, 9.17) is 27.9 Å². The van der Waals surface area contributed by atoms with Gasteiger partial charge in [-0.25, -0.2) is 4.79 Å². The van der Waals surface area contributed by atoms with Crippen molar-refractivity contribution in [2.24, 2.45) is 0 Å².